The van der Waals surface area contributed by atoms with Crippen LogP contribution in [0.25, 0.3) is 5.76 Å². The van der Waals surface area contributed by atoms with Crippen molar-refractivity contribution in [2.45, 2.75) is 19.9 Å². The molecule has 1 fully saturated rings. The number of aliphatic hydroxyl groups excluding tert-OH is 1. The van der Waals surface area contributed by atoms with Crippen molar-refractivity contribution < 1.29 is 28.9 Å². The highest BCUT2D eigenvalue weighted by Crippen LogP contribution is 2.41. The molecule has 1 unspecified atom stereocenters. The molecule has 0 spiro atoms. The molecule has 0 radical (unpaired) electrons. The fraction of sp³-hybridized carbons (Fsp3) is 0.360. The van der Waals surface area contributed by atoms with Crippen LogP contribution in [-0.4, -0.2) is 55.7 Å². The maximum Gasteiger partial charge on any atom is 0.295 e. The Morgan fingerprint density at radius 1 is 1.06 bits per heavy atom. The van der Waals surface area contributed by atoms with Gasteiger partial charge < -0.3 is 24.2 Å². The maximum atomic E-state index is 13.0. The van der Waals surface area contributed by atoms with E-state index in [0.29, 0.717) is 35.2 Å². The molecule has 0 saturated carbocycles. The Balaban J connectivity index is 2.08. The molecule has 0 aliphatic carbocycles. The van der Waals surface area contributed by atoms with Gasteiger partial charge >= 0.3 is 0 Å². The molecule has 1 aliphatic rings. The highest BCUT2D eigenvalue weighted by atomic mass is 16.5. The third kappa shape index (κ3) is 4.78. The van der Waals surface area contributed by atoms with Gasteiger partial charge in [0.25, 0.3) is 11.7 Å². The minimum atomic E-state index is -0.755. The highest BCUT2D eigenvalue weighted by molar-refractivity contribution is 6.46. The number of para-hydroxylation sites is 1. The number of aliphatic hydroxyl groups is 1. The van der Waals surface area contributed by atoms with Crippen LogP contribution in [0.15, 0.2) is 54.1 Å². The van der Waals surface area contributed by atoms with Crippen LogP contribution in [0, 0.1) is 5.92 Å². The van der Waals surface area contributed by atoms with Crippen molar-refractivity contribution in [3.8, 4) is 11.5 Å². The van der Waals surface area contributed by atoms with Crippen molar-refractivity contribution in [1.82, 2.24) is 4.90 Å². The third-order valence-corrected chi connectivity index (χ3v) is 5.22. The van der Waals surface area contributed by atoms with Gasteiger partial charge in [-0.1, -0.05) is 38.1 Å². The van der Waals surface area contributed by atoms with Crippen molar-refractivity contribution in [2.24, 2.45) is 5.92 Å². The van der Waals surface area contributed by atoms with Crippen LogP contribution in [0.2, 0.25) is 0 Å². The van der Waals surface area contributed by atoms with Crippen molar-refractivity contribution in [2.75, 3.05) is 34.0 Å². The predicted molar refractivity (Wildman–Crippen MR) is 121 cm³/mol. The van der Waals surface area contributed by atoms with E-state index < -0.39 is 17.7 Å². The van der Waals surface area contributed by atoms with Crippen molar-refractivity contribution >= 4 is 17.4 Å². The molecule has 1 aliphatic heterocycles. The zero-order valence-electron chi connectivity index (χ0n) is 18.8. The Morgan fingerprint density at radius 3 is 2.38 bits per heavy atom. The first-order valence-corrected chi connectivity index (χ1v) is 10.5. The largest absolute Gasteiger partial charge is 0.507 e. The molecule has 0 bridgehead atoms. The first-order valence-electron chi connectivity index (χ1n) is 10.5. The first kappa shape index (κ1) is 23.3. The van der Waals surface area contributed by atoms with E-state index in [9.17, 15) is 14.7 Å². The summed E-state index contributed by atoms with van der Waals surface area (Å²) in [5, 5.41) is 11.1. The molecule has 7 nitrogen and oxygen atoms in total. The minimum Gasteiger partial charge on any atom is -0.507 e. The SMILES string of the molecule is COCCN1C(=O)C(=O)/C(=C(\O)c2ccccc2OC)C1c1ccc(OCC(C)C)cc1. The molecular formula is C25H29NO6. The molecule has 32 heavy (non-hydrogen) atoms. The molecule has 2 aromatic carbocycles. The Kier molecular flexibility index (Phi) is 7.53. The van der Waals surface area contributed by atoms with E-state index in [2.05, 4.69) is 13.8 Å². The van der Waals surface area contributed by atoms with Crippen molar-refractivity contribution in [3.05, 3.63) is 65.2 Å². The first-order chi connectivity index (χ1) is 15.4. The lowest BCUT2D eigenvalue weighted by atomic mass is 9.95. The normalized spacial score (nSPS) is 17.8. The van der Waals surface area contributed by atoms with Gasteiger partial charge in [-0.05, 0) is 35.7 Å². The molecule has 1 saturated heterocycles. The lowest BCUT2D eigenvalue weighted by Gasteiger charge is -2.25. The molecule has 2 aromatic rings. The van der Waals surface area contributed by atoms with Crippen LogP contribution in [-0.2, 0) is 14.3 Å². The van der Waals surface area contributed by atoms with Crippen LogP contribution in [0.1, 0.15) is 31.0 Å². The number of carbonyl (C=O) groups is 2. The maximum absolute atomic E-state index is 13.0. The number of benzene rings is 2. The second-order valence-electron chi connectivity index (χ2n) is 7.96. The fourth-order valence-corrected chi connectivity index (χ4v) is 3.64. The average Bonchev–Trinajstić information content (AvgIpc) is 3.06. The Hall–Kier alpha value is -3.32. The molecule has 1 N–H and O–H groups in total. The van der Waals surface area contributed by atoms with E-state index in [1.54, 1.807) is 36.4 Å². The summed E-state index contributed by atoms with van der Waals surface area (Å²) in [7, 11) is 3.01. The zero-order valence-corrected chi connectivity index (χ0v) is 18.8. The number of ether oxygens (including phenoxy) is 3. The minimum absolute atomic E-state index is 0.0199. The summed E-state index contributed by atoms with van der Waals surface area (Å²) in [5.74, 6) is -0.203. The molecule has 1 heterocycles. The van der Waals surface area contributed by atoms with Gasteiger partial charge in [-0.15, -0.1) is 0 Å². The van der Waals surface area contributed by atoms with Crippen molar-refractivity contribution in [1.29, 1.82) is 0 Å². The number of nitrogens with zero attached hydrogens (tertiary/aromatic N) is 1. The van der Waals surface area contributed by atoms with Gasteiger partial charge in [0.05, 0.1) is 37.5 Å². The molecule has 1 atom stereocenters. The molecule has 170 valence electrons. The summed E-state index contributed by atoms with van der Waals surface area (Å²) in [5.41, 5.74) is 1.06. The Morgan fingerprint density at radius 2 is 1.75 bits per heavy atom. The number of hydrogen-bond donors (Lipinski definition) is 1. The lowest BCUT2D eigenvalue weighted by molar-refractivity contribution is -0.140. The number of rotatable bonds is 9. The number of hydrogen-bond acceptors (Lipinski definition) is 6. The van der Waals surface area contributed by atoms with Gasteiger partial charge in [-0.2, -0.15) is 0 Å². The van der Waals surface area contributed by atoms with E-state index in [-0.39, 0.29) is 24.5 Å². The van der Waals surface area contributed by atoms with Gasteiger partial charge in [0.15, 0.2) is 0 Å². The highest BCUT2D eigenvalue weighted by Gasteiger charge is 2.46. The summed E-state index contributed by atoms with van der Waals surface area (Å²) >= 11 is 0. The smallest absolute Gasteiger partial charge is 0.295 e. The molecular weight excluding hydrogens is 410 g/mol. The number of methoxy groups -OCH3 is 2. The third-order valence-electron chi connectivity index (χ3n) is 5.22. The van der Waals surface area contributed by atoms with E-state index in [4.69, 9.17) is 14.2 Å². The summed E-state index contributed by atoms with van der Waals surface area (Å²) < 4.78 is 16.2. The van der Waals surface area contributed by atoms with Crippen LogP contribution in [0.3, 0.4) is 0 Å². The van der Waals surface area contributed by atoms with Gasteiger partial charge in [0, 0.05) is 13.7 Å². The number of carbonyl (C=O) groups excluding carboxylic acids is 2. The van der Waals surface area contributed by atoms with Crippen molar-refractivity contribution in [3.63, 3.8) is 0 Å². The fourth-order valence-electron chi connectivity index (χ4n) is 3.64. The van der Waals surface area contributed by atoms with Crippen LogP contribution >= 0.6 is 0 Å². The monoisotopic (exact) mass is 439 g/mol. The van der Waals surface area contributed by atoms with Gasteiger partial charge in [-0.3, -0.25) is 9.59 Å². The number of ketones is 1. The van der Waals surface area contributed by atoms with E-state index in [1.165, 1.54) is 19.1 Å². The van der Waals surface area contributed by atoms with E-state index in [1.807, 2.05) is 12.1 Å². The molecule has 7 heteroatoms. The average molecular weight is 440 g/mol. The van der Waals surface area contributed by atoms with Gasteiger partial charge in [0.1, 0.15) is 17.3 Å². The lowest BCUT2D eigenvalue weighted by Crippen LogP contribution is -2.32. The summed E-state index contributed by atoms with van der Waals surface area (Å²) in [6.07, 6.45) is 0. The predicted octanol–water partition coefficient (Wildman–Crippen LogP) is 3.80. The second-order valence-corrected chi connectivity index (χ2v) is 7.96. The van der Waals surface area contributed by atoms with Gasteiger partial charge in [0.2, 0.25) is 0 Å². The standard InChI is InChI=1S/C25H29NO6/c1-16(2)15-32-18-11-9-17(10-12-18)22-21(24(28)25(29)26(22)13-14-30-3)23(27)19-7-5-6-8-20(19)31-4/h5-12,16,22,27H,13-15H2,1-4H3/b23-21-. The second kappa shape index (κ2) is 10.3. The summed E-state index contributed by atoms with van der Waals surface area (Å²) in [6.45, 7) is 5.18. The Labute approximate surface area is 188 Å². The number of amides is 1. The van der Waals surface area contributed by atoms with E-state index >= 15 is 0 Å². The topological polar surface area (TPSA) is 85.3 Å². The molecule has 3 rings (SSSR count). The molecule has 0 aromatic heterocycles. The Bertz CT molecular complexity index is 996. The quantitative estimate of drug-likeness (QED) is 0.363. The van der Waals surface area contributed by atoms with Crippen LogP contribution in [0.4, 0.5) is 0 Å². The number of Topliss-reactive ketones (excluding diaryl/α,β-unsaturated/α-hetero) is 1. The van der Waals surface area contributed by atoms with E-state index in [0.717, 1.165) is 0 Å². The van der Waals surface area contributed by atoms with Gasteiger partial charge in [-0.25, -0.2) is 0 Å². The summed E-state index contributed by atoms with van der Waals surface area (Å²) in [4.78, 5) is 27.3. The summed E-state index contributed by atoms with van der Waals surface area (Å²) in [6, 6.07) is 13.3. The zero-order chi connectivity index (χ0) is 23.3. The number of likely N-dealkylation sites (tertiary alicyclic amines) is 1. The van der Waals surface area contributed by atoms with Crippen LogP contribution in [0.5, 0.6) is 11.5 Å². The van der Waals surface area contributed by atoms with Crippen LogP contribution < -0.4 is 9.47 Å². The molecule has 1 amide bonds.